The van der Waals surface area contributed by atoms with Crippen LogP contribution in [-0.4, -0.2) is 49.1 Å². The second-order valence-electron chi connectivity index (χ2n) is 8.05. The number of hydrogen-bond acceptors (Lipinski definition) is 4. The second kappa shape index (κ2) is 11.4. The molecule has 2 aromatic rings. The Bertz CT molecular complexity index is 861. The van der Waals surface area contributed by atoms with E-state index in [2.05, 4.69) is 5.32 Å². The maximum atomic E-state index is 12.5. The summed E-state index contributed by atoms with van der Waals surface area (Å²) < 4.78 is 11.3. The predicted molar refractivity (Wildman–Crippen MR) is 120 cm³/mol. The molecule has 2 aromatic carbocycles. The molecule has 0 spiro atoms. The van der Waals surface area contributed by atoms with Gasteiger partial charge in [-0.3, -0.25) is 9.59 Å². The number of carbonyl (C=O) groups excluding carboxylic acids is 2. The van der Waals surface area contributed by atoms with E-state index in [4.69, 9.17) is 9.47 Å². The van der Waals surface area contributed by atoms with Gasteiger partial charge < -0.3 is 19.7 Å². The van der Waals surface area contributed by atoms with Crippen LogP contribution in [0.1, 0.15) is 36.8 Å². The van der Waals surface area contributed by atoms with Crippen molar-refractivity contribution in [1.29, 1.82) is 0 Å². The number of piperidine rings is 1. The van der Waals surface area contributed by atoms with E-state index < -0.39 is 0 Å². The largest absolute Gasteiger partial charge is 0.494 e. The van der Waals surface area contributed by atoms with Gasteiger partial charge in [0.1, 0.15) is 11.5 Å². The highest BCUT2D eigenvalue weighted by molar-refractivity contribution is 5.78. The molecule has 0 aliphatic carbocycles. The van der Waals surface area contributed by atoms with E-state index >= 15 is 0 Å². The van der Waals surface area contributed by atoms with Crippen LogP contribution < -0.4 is 14.8 Å². The molecule has 0 radical (unpaired) electrons. The summed E-state index contributed by atoms with van der Waals surface area (Å²) in [6.45, 7) is 5.85. The van der Waals surface area contributed by atoms with Crippen LogP contribution in [0.15, 0.2) is 48.5 Å². The van der Waals surface area contributed by atoms with Gasteiger partial charge in [-0.25, -0.2) is 0 Å². The molecule has 6 heteroatoms. The van der Waals surface area contributed by atoms with Crippen LogP contribution in [0.4, 0.5) is 0 Å². The van der Waals surface area contributed by atoms with Crippen molar-refractivity contribution >= 4 is 11.8 Å². The highest BCUT2D eigenvalue weighted by atomic mass is 16.5. The molecule has 0 atom stereocenters. The molecule has 1 aliphatic rings. The normalized spacial score (nSPS) is 14.2. The lowest BCUT2D eigenvalue weighted by Gasteiger charge is -2.32. The lowest BCUT2D eigenvalue weighted by molar-refractivity contribution is -0.134. The maximum Gasteiger partial charge on any atom is 0.260 e. The first-order valence-corrected chi connectivity index (χ1v) is 11.0. The average molecular weight is 425 g/mol. The van der Waals surface area contributed by atoms with Crippen molar-refractivity contribution in [3.63, 3.8) is 0 Å². The van der Waals surface area contributed by atoms with Gasteiger partial charge in [0.25, 0.3) is 5.91 Å². The Morgan fingerprint density at radius 3 is 2.48 bits per heavy atom. The van der Waals surface area contributed by atoms with Gasteiger partial charge in [0.05, 0.1) is 6.61 Å². The van der Waals surface area contributed by atoms with E-state index in [0.717, 1.165) is 29.9 Å². The number of aryl methyl sites for hydroxylation is 2. The number of para-hydroxylation sites is 1. The predicted octanol–water partition coefficient (Wildman–Crippen LogP) is 3.65. The molecular formula is C25H32N2O4. The first-order chi connectivity index (χ1) is 15.0. The Labute approximate surface area is 184 Å². The van der Waals surface area contributed by atoms with Crippen LogP contribution in [0.2, 0.25) is 0 Å². The summed E-state index contributed by atoms with van der Waals surface area (Å²) in [7, 11) is 0. The van der Waals surface area contributed by atoms with Crippen molar-refractivity contribution in [2.45, 2.75) is 45.6 Å². The summed E-state index contributed by atoms with van der Waals surface area (Å²) in [4.78, 5) is 26.5. The van der Waals surface area contributed by atoms with Crippen molar-refractivity contribution in [1.82, 2.24) is 10.2 Å². The minimum absolute atomic E-state index is 0.0113. The van der Waals surface area contributed by atoms with Gasteiger partial charge in [-0.2, -0.15) is 0 Å². The SMILES string of the molecule is Cc1ccc(OCC(=O)N2CCC(NC(=O)CCCOc3ccccc3)CC2)c(C)c1. The minimum Gasteiger partial charge on any atom is -0.494 e. The van der Waals surface area contributed by atoms with Crippen molar-refractivity contribution in [3.05, 3.63) is 59.7 Å². The first kappa shape index (κ1) is 22.7. The molecular weight excluding hydrogens is 392 g/mol. The Balaban J connectivity index is 1.30. The number of nitrogens with one attached hydrogen (secondary N) is 1. The molecule has 6 nitrogen and oxygen atoms in total. The van der Waals surface area contributed by atoms with Gasteiger partial charge in [0, 0.05) is 25.6 Å². The molecule has 0 saturated carbocycles. The zero-order chi connectivity index (χ0) is 22.1. The van der Waals surface area contributed by atoms with Gasteiger partial charge in [-0.05, 0) is 56.9 Å². The number of nitrogens with zero attached hydrogens (tertiary/aromatic N) is 1. The number of rotatable bonds is 9. The quantitative estimate of drug-likeness (QED) is 0.624. The monoisotopic (exact) mass is 424 g/mol. The summed E-state index contributed by atoms with van der Waals surface area (Å²) in [5, 5.41) is 3.08. The third-order valence-corrected chi connectivity index (χ3v) is 5.45. The molecule has 0 aromatic heterocycles. The van der Waals surface area contributed by atoms with Crippen LogP contribution in [0.5, 0.6) is 11.5 Å². The van der Waals surface area contributed by atoms with Crippen LogP contribution >= 0.6 is 0 Å². The Kier molecular flexibility index (Phi) is 8.33. The summed E-state index contributed by atoms with van der Waals surface area (Å²) >= 11 is 0. The van der Waals surface area contributed by atoms with Gasteiger partial charge in [-0.15, -0.1) is 0 Å². The van der Waals surface area contributed by atoms with E-state index in [-0.39, 0.29) is 24.5 Å². The number of carbonyl (C=O) groups is 2. The van der Waals surface area contributed by atoms with Crippen LogP contribution in [0, 0.1) is 13.8 Å². The molecule has 1 N–H and O–H groups in total. The Morgan fingerprint density at radius 1 is 1.03 bits per heavy atom. The number of ether oxygens (including phenoxy) is 2. The average Bonchev–Trinajstić information content (AvgIpc) is 2.77. The number of likely N-dealkylation sites (tertiary alicyclic amines) is 1. The lowest BCUT2D eigenvalue weighted by Crippen LogP contribution is -2.47. The summed E-state index contributed by atoms with van der Waals surface area (Å²) in [6.07, 6.45) is 2.65. The highest BCUT2D eigenvalue weighted by Gasteiger charge is 2.24. The van der Waals surface area contributed by atoms with E-state index in [1.807, 2.05) is 67.3 Å². The molecule has 1 saturated heterocycles. The summed E-state index contributed by atoms with van der Waals surface area (Å²) in [6, 6.07) is 15.7. The van der Waals surface area contributed by atoms with E-state index in [9.17, 15) is 9.59 Å². The fourth-order valence-corrected chi connectivity index (χ4v) is 3.70. The molecule has 0 bridgehead atoms. The third kappa shape index (κ3) is 7.31. The zero-order valence-corrected chi connectivity index (χ0v) is 18.4. The molecule has 1 fully saturated rings. The molecule has 0 unspecified atom stereocenters. The molecule has 3 rings (SSSR count). The first-order valence-electron chi connectivity index (χ1n) is 11.0. The van der Waals surface area contributed by atoms with E-state index in [1.165, 1.54) is 5.56 Å². The number of benzene rings is 2. The Hall–Kier alpha value is -3.02. The minimum atomic E-state index is -0.0113. The summed E-state index contributed by atoms with van der Waals surface area (Å²) in [5.41, 5.74) is 2.20. The smallest absolute Gasteiger partial charge is 0.260 e. The van der Waals surface area contributed by atoms with Crippen LogP contribution in [0.3, 0.4) is 0 Å². The molecule has 2 amide bonds. The highest BCUT2D eigenvalue weighted by Crippen LogP contribution is 2.19. The second-order valence-corrected chi connectivity index (χ2v) is 8.05. The van der Waals surface area contributed by atoms with Crippen LogP contribution in [-0.2, 0) is 9.59 Å². The zero-order valence-electron chi connectivity index (χ0n) is 18.4. The van der Waals surface area contributed by atoms with Crippen molar-refractivity contribution in [3.8, 4) is 11.5 Å². The van der Waals surface area contributed by atoms with Gasteiger partial charge in [0.2, 0.25) is 5.91 Å². The molecule has 1 aliphatic heterocycles. The van der Waals surface area contributed by atoms with E-state index in [1.54, 1.807) is 0 Å². The fraction of sp³-hybridized carbons (Fsp3) is 0.440. The van der Waals surface area contributed by atoms with Gasteiger partial charge in [0.15, 0.2) is 6.61 Å². The topological polar surface area (TPSA) is 67.9 Å². The molecule has 166 valence electrons. The number of amides is 2. The van der Waals surface area contributed by atoms with E-state index in [0.29, 0.717) is 32.5 Å². The fourth-order valence-electron chi connectivity index (χ4n) is 3.70. The standard InChI is InChI=1S/C25H32N2O4/c1-19-10-11-23(20(2)17-19)31-18-25(29)27-14-12-21(13-15-27)26-24(28)9-6-16-30-22-7-4-3-5-8-22/h3-5,7-8,10-11,17,21H,6,9,12-16,18H2,1-2H3,(H,26,28). The number of hydrogen-bond donors (Lipinski definition) is 1. The lowest BCUT2D eigenvalue weighted by atomic mass is 10.0. The summed E-state index contributed by atoms with van der Waals surface area (Å²) in [5.74, 6) is 1.60. The van der Waals surface area contributed by atoms with Gasteiger partial charge in [-0.1, -0.05) is 35.9 Å². The van der Waals surface area contributed by atoms with Crippen molar-refractivity contribution in [2.24, 2.45) is 0 Å². The maximum absolute atomic E-state index is 12.5. The Morgan fingerprint density at radius 2 is 1.77 bits per heavy atom. The molecule has 31 heavy (non-hydrogen) atoms. The van der Waals surface area contributed by atoms with Gasteiger partial charge >= 0.3 is 0 Å². The van der Waals surface area contributed by atoms with Crippen molar-refractivity contribution < 1.29 is 19.1 Å². The van der Waals surface area contributed by atoms with Crippen LogP contribution in [0.25, 0.3) is 0 Å². The molecule has 1 heterocycles. The van der Waals surface area contributed by atoms with Crippen molar-refractivity contribution in [2.75, 3.05) is 26.3 Å². The third-order valence-electron chi connectivity index (χ3n) is 5.45.